The van der Waals surface area contributed by atoms with Gasteiger partial charge in [-0.3, -0.25) is 4.79 Å². The molecule has 1 aromatic heterocycles. The minimum Gasteiger partial charge on any atom is -0.477 e. The smallest absolute Gasteiger partial charge is 0.341 e. The van der Waals surface area contributed by atoms with Gasteiger partial charge in [0, 0.05) is 38.8 Å². The van der Waals surface area contributed by atoms with E-state index in [1.807, 2.05) is 7.05 Å². The van der Waals surface area contributed by atoms with E-state index in [0.29, 0.717) is 26.2 Å². The Morgan fingerprint density at radius 1 is 1.29 bits per heavy atom. The predicted octanol–water partition coefficient (Wildman–Crippen LogP) is 2.82. The van der Waals surface area contributed by atoms with Gasteiger partial charge in [0.25, 0.3) is 5.92 Å². The number of likely N-dealkylation sites (N-methyl/N-ethyl adjacent to an activating group) is 1. The molecule has 28 heavy (non-hydrogen) atoms. The van der Waals surface area contributed by atoms with Crippen molar-refractivity contribution < 1.29 is 23.1 Å². The number of piperazine rings is 1. The van der Waals surface area contributed by atoms with Gasteiger partial charge in [-0.25, -0.2) is 18.0 Å². The van der Waals surface area contributed by atoms with E-state index in [2.05, 4.69) is 4.90 Å². The summed E-state index contributed by atoms with van der Waals surface area (Å²) >= 11 is 6.25. The van der Waals surface area contributed by atoms with Crippen LogP contribution < -0.4 is 10.3 Å². The molecule has 150 valence electrons. The van der Waals surface area contributed by atoms with Crippen molar-refractivity contribution in [3.05, 3.63) is 38.9 Å². The standard InChI is InChI=1S/C18H17ClF3N3O3/c1-23-2-4-24(5-3-23)15-11(19)6-9-14(13(15)20)25(12-7-18(12,21)22)8-10(16(9)26)17(27)28/h6,8,12H,2-5,7H2,1H3,(H,27,28). The molecule has 1 aromatic carbocycles. The first kappa shape index (κ1) is 19.1. The number of carbonyl (C=O) groups is 1. The van der Waals surface area contributed by atoms with Gasteiger partial charge in [0.2, 0.25) is 5.43 Å². The minimum absolute atomic E-state index is 0.0439. The molecule has 1 saturated heterocycles. The summed E-state index contributed by atoms with van der Waals surface area (Å²) in [4.78, 5) is 27.7. The number of rotatable bonds is 3. The monoisotopic (exact) mass is 415 g/mol. The number of halogens is 4. The van der Waals surface area contributed by atoms with Gasteiger partial charge < -0.3 is 19.5 Å². The molecule has 6 nitrogen and oxygen atoms in total. The molecular formula is C18H17ClF3N3O3. The fourth-order valence-electron chi connectivity index (χ4n) is 3.65. The van der Waals surface area contributed by atoms with Gasteiger partial charge in [-0.15, -0.1) is 0 Å². The van der Waals surface area contributed by atoms with Crippen molar-refractivity contribution >= 4 is 34.2 Å². The number of alkyl halides is 2. The lowest BCUT2D eigenvalue weighted by Crippen LogP contribution is -2.45. The number of anilines is 1. The molecule has 0 radical (unpaired) electrons. The number of nitrogens with zero attached hydrogens (tertiary/aromatic N) is 3. The zero-order valence-electron chi connectivity index (χ0n) is 14.9. The summed E-state index contributed by atoms with van der Waals surface area (Å²) in [6, 6.07) is -0.218. The Morgan fingerprint density at radius 3 is 2.43 bits per heavy atom. The molecule has 1 atom stereocenters. The second-order valence-corrected chi connectivity index (χ2v) is 7.68. The molecule has 0 amide bonds. The van der Waals surface area contributed by atoms with E-state index in [1.54, 1.807) is 4.90 Å². The number of carboxylic acid groups (broad SMARTS) is 1. The SMILES string of the molecule is CN1CCN(c2c(Cl)cc3c(=O)c(C(=O)O)cn(C4CC4(F)F)c3c2F)CC1. The van der Waals surface area contributed by atoms with Gasteiger partial charge in [-0.1, -0.05) is 11.6 Å². The third kappa shape index (κ3) is 2.93. The molecule has 10 heteroatoms. The quantitative estimate of drug-likeness (QED) is 0.835. The van der Waals surface area contributed by atoms with Crippen molar-refractivity contribution in [3.63, 3.8) is 0 Å². The summed E-state index contributed by atoms with van der Waals surface area (Å²) < 4.78 is 43.9. The molecular weight excluding hydrogens is 399 g/mol. The Labute approximate surface area is 162 Å². The molecule has 4 rings (SSSR count). The second-order valence-electron chi connectivity index (χ2n) is 7.27. The van der Waals surface area contributed by atoms with Gasteiger partial charge in [-0.2, -0.15) is 0 Å². The average molecular weight is 416 g/mol. The molecule has 1 aliphatic heterocycles. The highest BCUT2D eigenvalue weighted by molar-refractivity contribution is 6.34. The number of benzene rings is 1. The number of fused-ring (bicyclic) bond motifs is 1. The lowest BCUT2D eigenvalue weighted by atomic mass is 10.1. The topological polar surface area (TPSA) is 65.8 Å². The normalized spacial score (nSPS) is 21.9. The Balaban J connectivity index is 1.98. The van der Waals surface area contributed by atoms with Crippen molar-refractivity contribution in [1.29, 1.82) is 0 Å². The van der Waals surface area contributed by atoms with E-state index in [1.165, 1.54) is 6.07 Å². The van der Waals surface area contributed by atoms with Crippen LogP contribution in [0.4, 0.5) is 18.9 Å². The maximum absolute atomic E-state index is 15.5. The number of aromatic carboxylic acids is 1. The van der Waals surface area contributed by atoms with Gasteiger partial charge in [0.15, 0.2) is 5.82 Å². The van der Waals surface area contributed by atoms with Crippen LogP contribution in [0.1, 0.15) is 22.8 Å². The highest BCUT2D eigenvalue weighted by atomic mass is 35.5. The first-order chi connectivity index (χ1) is 13.1. The summed E-state index contributed by atoms with van der Waals surface area (Å²) in [5.74, 6) is -5.54. The average Bonchev–Trinajstić information content (AvgIpc) is 3.25. The predicted molar refractivity (Wildman–Crippen MR) is 98.4 cm³/mol. The summed E-state index contributed by atoms with van der Waals surface area (Å²) in [6.45, 7) is 2.30. The summed E-state index contributed by atoms with van der Waals surface area (Å²) in [5.41, 5.74) is -1.94. The molecule has 1 N–H and O–H groups in total. The Morgan fingerprint density at radius 2 is 1.89 bits per heavy atom. The first-order valence-corrected chi connectivity index (χ1v) is 9.11. The van der Waals surface area contributed by atoms with Gasteiger partial charge in [-0.05, 0) is 13.1 Å². The highest BCUT2D eigenvalue weighted by Crippen LogP contribution is 2.53. The van der Waals surface area contributed by atoms with Crippen molar-refractivity contribution in [2.45, 2.75) is 18.4 Å². The number of hydrogen-bond donors (Lipinski definition) is 1. The van der Waals surface area contributed by atoms with Crippen LogP contribution in [0, 0.1) is 5.82 Å². The third-order valence-electron chi connectivity index (χ3n) is 5.36. The molecule has 1 aliphatic carbocycles. The molecule has 2 aliphatic rings. The lowest BCUT2D eigenvalue weighted by molar-refractivity contribution is 0.0692. The summed E-state index contributed by atoms with van der Waals surface area (Å²) in [6.07, 6.45) is 0.263. The largest absolute Gasteiger partial charge is 0.477 e. The Bertz CT molecular complexity index is 1050. The van der Waals surface area contributed by atoms with Crippen molar-refractivity contribution in [1.82, 2.24) is 9.47 Å². The number of aromatic nitrogens is 1. The molecule has 2 fully saturated rings. The third-order valence-corrected chi connectivity index (χ3v) is 5.65. The molecule has 1 unspecified atom stereocenters. The molecule has 1 saturated carbocycles. The Hall–Kier alpha value is -2.26. The highest BCUT2D eigenvalue weighted by Gasteiger charge is 2.58. The van der Waals surface area contributed by atoms with Crippen LogP contribution in [0.5, 0.6) is 0 Å². The van der Waals surface area contributed by atoms with E-state index in [4.69, 9.17) is 11.6 Å². The number of hydrogen-bond acceptors (Lipinski definition) is 4. The van der Waals surface area contributed by atoms with Crippen molar-refractivity contribution in [2.24, 2.45) is 0 Å². The van der Waals surface area contributed by atoms with E-state index >= 15 is 4.39 Å². The van der Waals surface area contributed by atoms with E-state index < -0.39 is 41.2 Å². The zero-order chi connectivity index (χ0) is 20.4. The fourth-order valence-corrected chi connectivity index (χ4v) is 3.96. The lowest BCUT2D eigenvalue weighted by Gasteiger charge is -2.35. The van der Waals surface area contributed by atoms with Crippen LogP contribution in [-0.2, 0) is 0 Å². The van der Waals surface area contributed by atoms with Crippen LogP contribution in [0.2, 0.25) is 5.02 Å². The number of carboxylic acids is 1. The second kappa shape index (κ2) is 6.38. The Kier molecular flexibility index (Phi) is 4.35. The van der Waals surface area contributed by atoms with Crippen LogP contribution in [0.25, 0.3) is 10.9 Å². The van der Waals surface area contributed by atoms with Crippen LogP contribution in [0.15, 0.2) is 17.1 Å². The minimum atomic E-state index is -3.09. The van der Waals surface area contributed by atoms with Crippen molar-refractivity contribution in [2.75, 3.05) is 38.1 Å². The maximum atomic E-state index is 15.5. The van der Waals surface area contributed by atoms with E-state index in [-0.39, 0.29) is 21.6 Å². The molecule has 2 aromatic rings. The zero-order valence-corrected chi connectivity index (χ0v) is 15.6. The van der Waals surface area contributed by atoms with E-state index in [9.17, 15) is 23.5 Å². The van der Waals surface area contributed by atoms with Gasteiger partial charge >= 0.3 is 5.97 Å². The number of pyridine rings is 1. The summed E-state index contributed by atoms with van der Waals surface area (Å²) in [5, 5.41) is 8.89. The maximum Gasteiger partial charge on any atom is 0.341 e. The van der Waals surface area contributed by atoms with Crippen molar-refractivity contribution in [3.8, 4) is 0 Å². The van der Waals surface area contributed by atoms with Crippen LogP contribution in [0.3, 0.4) is 0 Å². The molecule has 0 bridgehead atoms. The fraction of sp³-hybridized carbons (Fsp3) is 0.444. The van der Waals surface area contributed by atoms with Crippen LogP contribution in [-0.4, -0.2) is 59.7 Å². The van der Waals surface area contributed by atoms with Gasteiger partial charge in [0.05, 0.1) is 21.6 Å². The molecule has 0 spiro atoms. The summed E-state index contributed by atoms with van der Waals surface area (Å²) in [7, 11) is 1.93. The van der Waals surface area contributed by atoms with Crippen LogP contribution >= 0.6 is 11.6 Å². The van der Waals surface area contributed by atoms with Gasteiger partial charge in [0.1, 0.15) is 11.6 Å². The molecule has 2 heterocycles. The first-order valence-electron chi connectivity index (χ1n) is 8.73. The van der Waals surface area contributed by atoms with E-state index in [0.717, 1.165) is 10.8 Å².